The number of Topliss-reactive ketones (excluding diaryl/α,β-unsaturated/α-hetero) is 2. The van der Waals surface area contributed by atoms with Crippen LogP contribution in [-0.4, -0.2) is 58.0 Å². The molecule has 0 aliphatic rings. The molecular formula is C16H37ClN2O3. The summed E-state index contributed by atoms with van der Waals surface area (Å²) in [7, 11) is 7.72. The first-order valence-electron chi connectivity index (χ1n) is 7.36. The van der Waals surface area contributed by atoms with Gasteiger partial charge in [-0.05, 0) is 28.2 Å². The van der Waals surface area contributed by atoms with E-state index in [-0.39, 0.29) is 18.3 Å². The van der Waals surface area contributed by atoms with E-state index in [1.165, 1.54) is 0 Å². The van der Waals surface area contributed by atoms with Gasteiger partial charge in [0.15, 0.2) is 0 Å². The normalized spacial score (nSPS) is 9.50. The van der Waals surface area contributed by atoms with E-state index in [0.29, 0.717) is 30.8 Å². The fraction of sp³-hybridized carbons (Fsp3) is 0.812. The second-order valence-corrected chi connectivity index (χ2v) is 4.73. The van der Waals surface area contributed by atoms with Gasteiger partial charge in [-0.3, -0.25) is 9.59 Å². The minimum atomic E-state index is 0. The number of halogens is 1. The van der Waals surface area contributed by atoms with Crippen LogP contribution in [0, 0.1) is 5.92 Å². The smallest absolute Gasteiger partial charge is 0.136 e. The summed E-state index contributed by atoms with van der Waals surface area (Å²) in [6, 6.07) is 0. The molecule has 0 fully saturated rings. The molecule has 0 radical (unpaired) electrons. The number of rotatable bonds is 6. The number of carbonyl (C=O) groups is 3. The molecule has 136 valence electrons. The van der Waals surface area contributed by atoms with Crippen LogP contribution in [0.15, 0.2) is 0 Å². The zero-order valence-corrected chi connectivity index (χ0v) is 16.5. The maximum Gasteiger partial charge on any atom is 0.136 e. The van der Waals surface area contributed by atoms with Gasteiger partial charge in [-0.25, -0.2) is 0 Å². The topological polar surface area (TPSA) is 66.5 Å². The molecule has 0 bridgehead atoms. The zero-order chi connectivity index (χ0) is 17.8. The van der Waals surface area contributed by atoms with Crippen molar-refractivity contribution in [1.29, 1.82) is 0 Å². The maximum absolute atomic E-state index is 11.0. The largest absolute Gasteiger partial charge is 0.323 e. The highest BCUT2D eigenvalue weighted by atomic mass is 35.5. The van der Waals surface area contributed by atoms with Crippen LogP contribution in [0.1, 0.15) is 47.0 Å². The van der Waals surface area contributed by atoms with Gasteiger partial charge in [-0.15, -0.1) is 12.4 Å². The lowest BCUT2D eigenvalue weighted by Gasteiger charge is -2.14. The van der Waals surface area contributed by atoms with Crippen molar-refractivity contribution in [2.75, 3.05) is 34.7 Å². The van der Waals surface area contributed by atoms with Crippen LogP contribution < -0.4 is 5.32 Å². The van der Waals surface area contributed by atoms with E-state index in [1.807, 2.05) is 67.6 Å². The lowest BCUT2D eigenvalue weighted by Crippen LogP contribution is -2.25. The molecular weight excluding hydrogens is 304 g/mol. The van der Waals surface area contributed by atoms with Gasteiger partial charge >= 0.3 is 0 Å². The third kappa shape index (κ3) is 36.5. The second-order valence-electron chi connectivity index (χ2n) is 4.73. The van der Waals surface area contributed by atoms with Gasteiger partial charge in [0.2, 0.25) is 0 Å². The molecule has 0 aromatic carbocycles. The van der Waals surface area contributed by atoms with Gasteiger partial charge in [0.1, 0.15) is 18.4 Å². The summed E-state index contributed by atoms with van der Waals surface area (Å²) < 4.78 is 0. The highest BCUT2D eigenvalue weighted by Gasteiger charge is 2.10. The molecule has 0 aliphatic heterocycles. The second kappa shape index (κ2) is 28.4. The van der Waals surface area contributed by atoms with Gasteiger partial charge in [0.05, 0.1) is 0 Å². The summed E-state index contributed by atoms with van der Waals surface area (Å²) in [5.41, 5.74) is 0. The van der Waals surface area contributed by atoms with Crippen molar-refractivity contribution in [3.63, 3.8) is 0 Å². The van der Waals surface area contributed by atoms with Gasteiger partial charge < -0.3 is 15.0 Å². The highest BCUT2D eigenvalue weighted by Crippen LogP contribution is 2.00. The first-order valence-corrected chi connectivity index (χ1v) is 7.36. The van der Waals surface area contributed by atoms with E-state index >= 15 is 0 Å². The fourth-order valence-electron chi connectivity index (χ4n) is 1.25. The minimum absolute atomic E-state index is 0. The molecule has 1 atom stereocenters. The Hall–Kier alpha value is -0.780. The van der Waals surface area contributed by atoms with Gasteiger partial charge in [-0.2, -0.15) is 0 Å². The zero-order valence-electron chi connectivity index (χ0n) is 15.7. The minimum Gasteiger partial charge on any atom is -0.323 e. The van der Waals surface area contributed by atoms with Gasteiger partial charge in [0, 0.05) is 31.7 Å². The van der Waals surface area contributed by atoms with Gasteiger partial charge in [-0.1, -0.05) is 27.7 Å². The van der Waals surface area contributed by atoms with Crippen LogP contribution in [0.2, 0.25) is 0 Å². The predicted octanol–water partition coefficient (Wildman–Crippen LogP) is 2.61. The van der Waals surface area contributed by atoms with Crippen molar-refractivity contribution in [2.45, 2.75) is 47.0 Å². The third-order valence-corrected chi connectivity index (χ3v) is 2.33. The van der Waals surface area contributed by atoms with E-state index in [1.54, 1.807) is 0 Å². The molecule has 0 saturated heterocycles. The van der Waals surface area contributed by atoms with Crippen LogP contribution in [0.5, 0.6) is 0 Å². The number of carbonyl (C=O) groups excluding carboxylic acids is 3. The van der Waals surface area contributed by atoms with Crippen LogP contribution in [0.3, 0.4) is 0 Å². The monoisotopic (exact) mass is 340 g/mol. The Morgan fingerprint density at radius 1 is 1.00 bits per heavy atom. The fourth-order valence-corrected chi connectivity index (χ4v) is 1.25. The van der Waals surface area contributed by atoms with Crippen LogP contribution >= 0.6 is 12.4 Å². The Morgan fingerprint density at radius 3 is 1.45 bits per heavy atom. The molecule has 0 saturated carbocycles. The number of hydrogen-bond acceptors (Lipinski definition) is 5. The number of hydrogen-bond donors (Lipinski definition) is 1. The predicted molar refractivity (Wildman–Crippen MR) is 98.0 cm³/mol. The summed E-state index contributed by atoms with van der Waals surface area (Å²) in [5, 5.41) is 2.75. The Labute approximate surface area is 143 Å². The highest BCUT2D eigenvalue weighted by molar-refractivity contribution is 5.85. The molecule has 0 aromatic heterocycles. The molecule has 0 aromatic rings. The Bertz CT molecular complexity index is 231. The lowest BCUT2D eigenvalue weighted by molar-refractivity contribution is -0.122. The molecule has 22 heavy (non-hydrogen) atoms. The number of nitrogens with one attached hydrogen (secondary N) is 1. The van der Waals surface area contributed by atoms with Gasteiger partial charge in [0.25, 0.3) is 0 Å². The summed E-state index contributed by atoms with van der Waals surface area (Å²) in [5.74, 6) is 0.892. The molecule has 0 spiro atoms. The third-order valence-electron chi connectivity index (χ3n) is 2.33. The van der Waals surface area contributed by atoms with Crippen molar-refractivity contribution in [2.24, 2.45) is 5.92 Å². The molecule has 1 N–H and O–H groups in total. The number of nitrogens with zero attached hydrogens (tertiary/aromatic N) is 1. The van der Waals surface area contributed by atoms with Crippen molar-refractivity contribution in [3.05, 3.63) is 0 Å². The average Bonchev–Trinajstić information content (AvgIpc) is 2.48. The van der Waals surface area contributed by atoms with E-state index in [4.69, 9.17) is 4.79 Å². The van der Waals surface area contributed by atoms with Crippen molar-refractivity contribution in [3.8, 4) is 0 Å². The van der Waals surface area contributed by atoms with E-state index in [0.717, 1.165) is 6.54 Å². The average molecular weight is 341 g/mol. The molecule has 0 heterocycles. The van der Waals surface area contributed by atoms with Crippen LogP contribution in [0.25, 0.3) is 0 Å². The van der Waals surface area contributed by atoms with Crippen molar-refractivity contribution >= 4 is 30.8 Å². The van der Waals surface area contributed by atoms with Crippen molar-refractivity contribution in [1.82, 2.24) is 10.2 Å². The maximum atomic E-state index is 11.0. The Kier molecular flexibility index (Phi) is 42.6. The van der Waals surface area contributed by atoms with Crippen LogP contribution in [0.4, 0.5) is 0 Å². The molecule has 0 unspecified atom stereocenters. The molecule has 6 heteroatoms. The van der Waals surface area contributed by atoms with Crippen LogP contribution in [-0.2, 0) is 14.4 Å². The van der Waals surface area contributed by atoms with E-state index < -0.39 is 0 Å². The first-order chi connectivity index (χ1) is 9.80. The number of ketones is 2. The molecule has 0 amide bonds. The molecule has 0 rings (SSSR count). The van der Waals surface area contributed by atoms with Crippen molar-refractivity contribution < 1.29 is 14.4 Å². The van der Waals surface area contributed by atoms with E-state index in [2.05, 4.69) is 5.32 Å². The summed E-state index contributed by atoms with van der Waals surface area (Å²) >= 11 is 0. The SMILES string of the molecule is C=O.CCC(=O)CC.CCC(=O)[C@@H](C)CN(C)C.CNC.Cl. The first kappa shape index (κ1) is 33.0. The quantitative estimate of drug-likeness (QED) is 0.805. The lowest BCUT2D eigenvalue weighted by atomic mass is 10.0. The van der Waals surface area contributed by atoms with E-state index in [9.17, 15) is 9.59 Å². The Morgan fingerprint density at radius 2 is 1.32 bits per heavy atom. The summed E-state index contributed by atoms with van der Waals surface area (Å²) in [6.07, 6.45) is 2.04. The summed E-state index contributed by atoms with van der Waals surface area (Å²) in [6.45, 7) is 10.5. The Balaban J connectivity index is -0.0000000690. The molecule has 5 nitrogen and oxygen atoms in total. The summed E-state index contributed by atoms with van der Waals surface area (Å²) in [4.78, 5) is 31.2. The standard InChI is InChI=1S/C8H17NO.C5H10O.C2H7N.CH2O.ClH/c1-5-8(10)7(2)6-9(3)4;1-3-5(6)4-2;1-3-2;1-2;/h7H,5-6H2,1-4H3;3-4H2,1-2H3;3H,1-2H3;1H2;1H/t7-;;;;/m0..../s1. The molecule has 0 aliphatic carbocycles.